The van der Waals surface area contributed by atoms with Gasteiger partial charge in [0.05, 0.1) is 44.6 Å². The molecule has 2 heterocycles. The summed E-state index contributed by atoms with van der Waals surface area (Å²) in [6.45, 7) is -0.149. The highest BCUT2D eigenvalue weighted by atomic mass is 35.5. The van der Waals surface area contributed by atoms with Crippen molar-refractivity contribution in [2.24, 2.45) is 0 Å². The first kappa shape index (κ1) is 19.6. The summed E-state index contributed by atoms with van der Waals surface area (Å²) in [6.07, 6.45) is 0. The van der Waals surface area contributed by atoms with Crippen LogP contribution < -0.4 is 0 Å². The minimum absolute atomic E-state index is 0.149. The van der Waals surface area contributed by atoms with E-state index in [1.165, 1.54) is 18.2 Å². The van der Waals surface area contributed by atoms with Crippen LogP contribution in [0.3, 0.4) is 0 Å². The fourth-order valence-corrected chi connectivity index (χ4v) is 4.04. The van der Waals surface area contributed by atoms with Crippen molar-refractivity contribution >= 4 is 46.0 Å². The standard InChI is InChI=1S/C23H12Cl2FN3O2/c24-16-9-8-12(26)10-15(16)20-19(27-18-7-3-6-17(25)21(18)28-20)11-29-22(30)13-4-1-2-5-14(13)23(29)31/h1-10H,11H2. The number of hydrogen-bond donors (Lipinski definition) is 0. The van der Waals surface area contributed by atoms with Crippen molar-refractivity contribution in [3.8, 4) is 11.3 Å². The number of benzene rings is 3. The fraction of sp³-hybridized carbons (Fsp3) is 0.0435. The Morgan fingerprint density at radius 3 is 2.23 bits per heavy atom. The monoisotopic (exact) mass is 451 g/mol. The number of carbonyl (C=O) groups is 2. The van der Waals surface area contributed by atoms with E-state index in [9.17, 15) is 14.0 Å². The normalized spacial score (nSPS) is 13.2. The molecule has 0 saturated carbocycles. The molecular formula is C23H12Cl2FN3O2. The highest BCUT2D eigenvalue weighted by Crippen LogP contribution is 2.34. The largest absolute Gasteiger partial charge is 0.269 e. The molecule has 4 aromatic rings. The average molecular weight is 452 g/mol. The molecule has 8 heteroatoms. The molecule has 2 amide bonds. The molecule has 5 rings (SSSR count). The summed E-state index contributed by atoms with van der Waals surface area (Å²) in [6, 6.07) is 15.6. The van der Waals surface area contributed by atoms with Gasteiger partial charge in [-0.1, -0.05) is 41.4 Å². The van der Waals surface area contributed by atoms with Crippen molar-refractivity contribution in [1.82, 2.24) is 14.9 Å². The highest BCUT2D eigenvalue weighted by molar-refractivity contribution is 6.35. The lowest BCUT2D eigenvalue weighted by molar-refractivity contribution is 0.0640. The molecule has 5 nitrogen and oxygen atoms in total. The molecule has 31 heavy (non-hydrogen) atoms. The molecule has 152 valence electrons. The van der Waals surface area contributed by atoms with E-state index in [-0.39, 0.29) is 17.3 Å². The molecule has 0 atom stereocenters. The van der Waals surface area contributed by atoms with E-state index in [1.807, 2.05) is 0 Å². The molecule has 1 aliphatic rings. The summed E-state index contributed by atoms with van der Waals surface area (Å²) < 4.78 is 14.0. The Bertz CT molecular complexity index is 1370. The number of imide groups is 1. The van der Waals surface area contributed by atoms with Gasteiger partial charge in [0.15, 0.2) is 0 Å². The van der Waals surface area contributed by atoms with Gasteiger partial charge in [-0.05, 0) is 42.5 Å². The van der Waals surface area contributed by atoms with Gasteiger partial charge in [0.1, 0.15) is 11.3 Å². The number of fused-ring (bicyclic) bond motifs is 2. The number of carbonyl (C=O) groups excluding carboxylic acids is 2. The third kappa shape index (κ3) is 3.24. The summed E-state index contributed by atoms with van der Waals surface area (Å²) in [5.41, 5.74) is 2.39. The van der Waals surface area contributed by atoms with Crippen LogP contribution in [0.1, 0.15) is 26.4 Å². The third-order valence-electron chi connectivity index (χ3n) is 5.09. The van der Waals surface area contributed by atoms with Gasteiger partial charge in [0, 0.05) is 5.56 Å². The number of nitrogens with zero attached hydrogens (tertiary/aromatic N) is 3. The molecular weight excluding hydrogens is 440 g/mol. The lowest BCUT2D eigenvalue weighted by Gasteiger charge is -2.17. The van der Waals surface area contributed by atoms with Crippen molar-refractivity contribution in [3.63, 3.8) is 0 Å². The third-order valence-corrected chi connectivity index (χ3v) is 5.72. The SMILES string of the molecule is O=C1c2ccccc2C(=O)N1Cc1nc2cccc(Cl)c2nc1-c1cc(F)ccc1Cl. The maximum Gasteiger partial charge on any atom is 0.261 e. The van der Waals surface area contributed by atoms with Crippen LogP contribution in [0.15, 0.2) is 60.7 Å². The minimum Gasteiger partial charge on any atom is -0.269 e. The van der Waals surface area contributed by atoms with Crippen LogP contribution in [0, 0.1) is 5.82 Å². The minimum atomic E-state index is -0.507. The van der Waals surface area contributed by atoms with E-state index < -0.39 is 17.6 Å². The van der Waals surface area contributed by atoms with Gasteiger partial charge in [-0.25, -0.2) is 14.4 Å². The lowest BCUT2D eigenvalue weighted by atomic mass is 10.1. The number of halogens is 3. The number of amides is 2. The fourth-order valence-electron chi connectivity index (χ4n) is 3.62. The number of rotatable bonds is 3. The molecule has 0 radical (unpaired) electrons. The number of aromatic nitrogens is 2. The van der Waals surface area contributed by atoms with Crippen LogP contribution in [-0.4, -0.2) is 26.7 Å². The molecule has 0 N–H and O–H groups in total. The second kappa shape index (κ2) is 7.41. The Morgan fingerprint density at radius 1 is 0.806 bits per heavy atom. The molecule has 0 bridgehead atoms. The van der Waals surface area contributed by atoms with Crippen LogP contribution in [0.25, 0.3) is 22.3 Å². The van der Waals surface area contributed by atoms with Gasteiger partial charge in [-0.15, -0.1) is 0 Å². The predicted molar refractivity (Wildman–Crippen MR) is 116 cm³/mol. The first-order chi connectivity index (χ1) is 14.9. The summed E-state index contributed by atoms with van der Waals surface area (Å²) >= 11 is 12.6. The van der Waals surface area contributed by atoms with E-state index in [2.05, 4.69) is 9.97 Å². The van der Waals surface area contributed by atoms with Crippen LogP contribution >= 0.6 is 23.2 Å². The Morgan fingerprint density at radius 2 is 1.52 bits per heavy atom. The van der Waals surface area contributed by atoms with Crippen LogP contribution in [0.5, 0.6) is 0 Å². The van der Waals surface area contributed by atoms with Crippen molar-refractivity contribution < 1.29 is 14.0 Å². The number of para-hydroxylation sites is 1. The van der Waals surface area contributed by atoms with Gasteiger partial charge < -0.3 is 0 Å². The van der Waals surface area contributed by atoms with Crippen molar-refractivity contribution in [1.29, 1.82) is 0 Å². The van der Waals surface area contributed by atoms with Crippen LogP contribution in [0.4, 0.5) is 4.39 Å². The molecule has 0 spiro atoms. The topological polar surface area (TPSA) is 63.2 Å². The molecule has 0 aliphatic carbocycles. The van der Waals surface area contributed by atoms with Gasteiger partial charge in [-0.2, -0.15) is 0 Å². The van der Waals surface area contributed by atoms with Gasteiger partial charge in [0.25, 0.3) is 11.8 Å². The molecule has 0 unspecified atom stereocenters. The summed E-state index contributed by atoms with van der Waals surface area (Å²) in [4.78, 5) is 36.0. The zero-order valence-electron chi connectivity index (χ0n) is 15.8. The quantitative estimate of drug-likeness (QED) is 0.383. The zero-order valence-corrected chi connectivity index (χ0v) is 17.3. The van der Waals surface area contributed by atoms with Gasteiger partial charge in [-0.3, -0.25) is 14.5 Å². The van der Waals surface area contributed by atoms with Crippen molar-refractivity contribution in [2.75, 3.05) is 0 Å². The van der Waals surface area contributed by atoms with Crippen LogP contribution in [-0.2, 0) is 6.54 Å². The molecule has 0 saturated heterocycles. The lowest BCUT2D eigenvalue weighted by Crippen LogP contribution is -2.30. The smallest absolute Gasteiger partial charge is 0.261 e. The summed E-state index contributed by atoms with van der Waals surface area (Å²) in [5.74, 6) is -1.36. The van der Waals surface area contributed by atoms with E-state index in [0.29, 0.717) is 38.4 Å². The average Bonchev–Trinajstić information content (AvgIpc) is 3.00. The second-order valence-electron chi connectivity index (χ2n) is 6.99. The molecule has 1 aromatic heterocycles. The van der Waals surface area contributed by atoms with E-state index in [1.54, 1.807) is 42.5 Å². The van der Waals surface area contributed by atoms with Crippen molar-refractivity contribution in [3.05, 3.63) is 93.3 Å². The Hall–Kier alpha value is -3.35. The second-order valence-corrected chi connectivity index (χ2v) is 7.81. The van der Waals surface area contributed by atoms with E-state index in [4.69, 9.17) is 23.2 Å². The van der Waals surface area contributed by atoms with Crippen molar-refractivity contribution in [2.45, 2.75) is 6.54 Å². The maximum atomic E-state index is 14.0. The Balaban J connectivity index is 1.69. The zero-order chi connectivity index (χ0) is 21.7. The number of hydrogen-bond acceptors (Lipinski definition) is 4. The Labute approximate surface area is 186 Å². The molecule has 0 fully saturated rings. The highest BCUT2D eigenvalue weighted by Gasteiger charge is 2.36. The van der Waals surface area contributed by atoms with Crippen LogP contribution in [0.2, 0.25) is 10.0 Å². The van der Waals surface area contributed by atoms with E-state index in [0.717, 1.165) is 4.90 Å². The van der Waals surface area contributed by atoms with E-state index >= 15 is 0 Å². The first-order valence-electron chi connectivity index (χ1n) is 9.30. The first-order valence-corrected chi connectivity index (χ1v) is 10.1. The predicted octanol–water partition coefficient (Wildman–Crippen LogP) is 5.54. The Kier molecular flexibility index (Phi) is 4.68. The van der Waals surface area contributed by atoms with Gasteiger partial charge >= 0.3 is 0 Å². The summed E-state index contributed by atoms with van der Waals surface area (Å²) in [7, 11) is 0. The summed E-state index contributed by atoms with van der Waals surface area (Å²) in [5, 5.41) is 0.622. The van der Waals surface area contributed by atoms with Gasteiger partial charge in [0.2, 0.25) is 0 Å². The molecule has 1 aliphatic heterocycles. The maximum absolute atomic E-state index is 14.0. The molecule has 3 aromatic carbocycles.